The minimum atomic E-state index is -0.615. The summed E-state index contributed by atoms with van der Waals surface area (Å²) in [6.45, 7) is -0.150. The lowest BCUT2D eigenvalue weighted by atomic mass is 10.2. The number of carbonyl (C=O) groups is 1. The molecule has 0 saturated heterocycles. The molecule has 1 aromatic carbocycles. The van der Waals surface area contributed by atoms with Crippen LogP contribution in [-0.4, -0.2) is 26.1 Å². The topological polar surface area (TPSA) is 91.0 Å². The van der Waals surface area contributed by atoms with Crippen molar-refractivity contribution in [2.45, 2.75) is 6.61 Å². The van der Waals surface area contributed by atoms with Gasteiger partial charge in [-0.25, -0.2) is 9.78 Å². The molecule has 0 atom stereocenters. The van der Waals surface area contributed by atoms with Gasteiger partial charge in [0.1, 0.15) is 0 Å². The highest BCUT2D eigenvalue weighted by molar-refractivity contribution is 6.30. The van der Waals surface area contributed by atoms with Crippen LogP contribution in [0.2, 0.25) is 5.02 Å². The second-order valence-corrected chi connectivity index (χ2v) is 4.63. The normalized spacial score (nSPS) is 10.4. The van der Waals surface area contributed by atoms with Crippen LogP contribution in [0.15, 0.2) is 47.4 Å². The minimum Gasteiger partial charge on any atom is -0.451 e. The molecule has 0 amide bonds. The van der Waals surface area contributed by atoms with E-state index in [2.05, 4.69) is 20.1 Å². The first-order valence-corrected chi connectivity index (χ1v) is 6.62. The first-order chi connectivity index (χ1) is 10.7. The van der Waals surface area contributed by atoms with Gasteiger partial charge in [0.15, 0.2) is 12.3 Å². The number of hydrogen-bond donors (Lipinski definition) is 0. The van der Waals surface area contributed by atoms with Crippen LogP contribution in [0.3, 0.4) is 0 Å². The molecule has 0 bridgehead atoms. The summed E-state index contributed by atoms with van der Waals surface area (Å²) in [6, 6.07) is 7.03. The summed E-state index contributed by atoms with van der Waals surface area (Å²) < 4.78 is 10.1. The van der Waals surface area contributed by atoms with E-state index < -0.39 is 5.97 Å². The molecule has 3 rings (SSSR count). The molecule has 0 radical (unpaired) electrons. The van der Waals surface area contributed by atoms with Gasteiger partial charge in [0.05, 0.1) is 6.20 Å². The summed E-state index contributed by atoms with van der Waals surface area (Å²) in [5.41, 5.74) is 0.819. The van der Waals surface area contributed by atoms with Crippen LogP contribution in [0.5, 0.6) is 0 Å². The lowest BCUT2D eigenvalue weighted by molar-refractivity contribution is 0.0422. The first-order valence-electron chi connectivity index (χ1n) is 6.24. The van der Waals surface area contributed by atoms with Gasteiger partial charge in [0.2, 0.25) is 5.82 Å². The van der Waals surface area contributed by atoms with E-state index >= 15 is 0 Å². The third-order valence-corrected chi connectivity index (χ3v) is 2.89. The van der Waals surface area contributed by atoms with E-state index in [1.807, 2.05) is 0 Å². The highest BCUT2D eigenvalue weighted by atomic mass is 35.5. The van der Waals surface area contributed by atoms with Crippen molar-refractivity contribution in [2.24, 2.45) is 0 Å². The van der Waals surface area contributed by atoms with Crippen molar-refractivity contribution in [3.63, 3.8) is 0 Å². The van der Waals surface area contributed by atoms with Crippen LogP contribution in [-0.2, 0) is 11.3 Å². The zero-order chi connectivity index (χ0) is 15.4. The van der Waals surface area contributed by atoms with Gasteiger partial charge < -0.3 is 9.26 Å². The molecule has 0 N–H and O–H groups in total. The van der Waals surface area contributed by atoms with Crippen molar-refractivity contribution in [1.29, 1.82) is 0 Å². The molecule has 0 fully saturated rings. The second-order valence-electron chi connectivity index (χ2n) is 4.19. The zero-order valence-corrected chi connectivity index (χ0v) is 11.9. The fourth-order valence-corrected chi connectivity index (χ4v) is 1.85. The molecule has 8 heteroatoms. The first kappa shape index (κ1) is 14.2. The maximum Gasteiger partial charge on any atom is 0.359 e. The predicted octanol–water partition coefficient (Wildman–Crippen LogP) is 2.54. The fourth-order valence-electron chi connectivity index (χ4n) is 1.66. The standard InChI is InChI=1S/C14H9ClN4O3/c15-10-3-1-2-9(6-10)13-18-12(22-19-13)8-21-14(20)11-7-16-4-5-17-11/h1-7H,8H2. The molecule has 0 unspecified atom stereocenters. The number of ether oxygens (including phenoxy) is 1. The smallest absolute Gasteiger partial charge is 0.359 e. The Morgan fingerprint density at radius 3 is 3.00 bits per heavy atom. The van der Waals surface area contributed by atoms with E-state index in [-0.39, 0.29) is 18.2 Å². The van der Waals surface area contributed by atoms with Crippen LogP contribution in [0.1, 0.15) is 16.4 Å². The molecule has 7 nitrogen and oxygen atoms in total. The Kier molecular flexibility index (Phi) is 4.06. The quantitative estimate of drug-likeness (QED) is 0.683. The number of hydrogen-bond acceptors (Lipinski definition) is 7. The van der Waals surface area contributed by atoms with Crippen LogP contribution in [0, 0.1) is 0 Å². The highest BCUT2D eigenvalue weighted by Gasteiger charge is 2.13. The molecule has 2 heterocycles. The number of aromatic nitrogens is 4. The summed E-state index contributed by atoms with van der Waals surface area (Å²) in [4.78, 5) is 23.5. The van der Waals surface area contributed by atoms with Gasteiger partial charge in [-0.05, 0) is 12.1 Å². The maximum atomic E-state index is 11.7. The van der Waals surface area contributed by atoms with Crippen LogP contribution in [0.25, 0.3) is 11.4 Å². The molecular formula is C14H9ClN4O3. The fraction of sp³-hybridized carbons (Fsp3) is 0.0714. The van der Waals surface area contributed by atoms with E-state index in [1.54, 1.807) is 24.3 Å². The number of halogens is 1. The third-order valence-electron chi connectivity index (χ3n) is 2.65. The molecule has 2 aromatic heterocycles. The monoisotopic (exact) mass is 316 g/mol. The summed E-state index contributed by atoms with van der Waals surface area (Å²) in [7, 11) is 0. The average Bonchev–Trinajstić information content (AvgIpc) is 3.02. The second kappa shape index (κ2) is 6.31. The van der Waals surface area contributed by atoms with E-state index in [0.29, 0.717) is 16.4 Å². The Hall–Kier alpha value is -2.80. The summed E-state index contributed by atoms with van der Waals surface area (Å²) >= 11 is 5.90. The summed E-state index contributed by atoms with van der Waals surface area (Å²) in [5.74, 6) is -0.0733. The van der Waals surface area contributed by atoms with Crippen LogP contribution >= 0.6 is 11.6 Å². The predicted molar refractivity (Wildman–Crippen MR) is 75.9 cm³/mol. The SMILES string of the molecule is O=C(OCc1nc(-c2cccc(Cl)c2)no1)c1cnccn1. The Morgan fingerprint density at radius 1 is 1.32 bits per heavy atom. The van der Waals surface area contributed by atoms with E-state index in [0.717, 1.165) is 0 Å². The molecule has 110 valence electrons. The molecule has 0 aliphatic rings. The van der Waals surface area contributed by atoms with Crippen molar-refractivity contribution in [3.8, 4) is 11.4 Å². The molecule has 3 aromatic rings. The number of benzene rings is 1. The Morgan fingerprint density at radius 2 is 2.23 bits per heavy atom. The highest BCUT2D eigenvalue weighted by Crippen LogP contribution is 2.20. The van der Waals surface area contributed by atoms with Gasteiger partial charge in [-0.2, -0.15) is 4.98 Å². The van der Waals surface area contributed by atoms with Gasteiger partial charge in [0, 0.05) is 23.0 Å². The summed E-state index contributed by atoms with van der Waals surface area (Å²) in [5, 5.41) is 4.38. The van der Waals surface area contributed by atoms with Crippen molar-refractivity contribution in [1.82, 2.24) is 20.1 Å². The maximum absolute atomic E-state index is 11.7. The van der Waals surface area contributed by atoms with Gasteiger partial charge in [0.25, 0.3) is 5.89 Å². The van der Waals surface area contributed by atoms with Crippen molar-refractivity contribution in [3.05, 3.63) is 59.5 Å². The van der Waals surface area contributed by atoms with E-state index in [9.17, 15) is 4.79 Å². The number of rotatable bonds is 4. The molecule has 0 saturated carbocycles. The van der Waals surface area contributed by atoms with E-state index in [4.69, 9.17) is 20.9 Å². The Bertz CT molecular complexity index is 792. The number of nitrogens with zero attached hydrogens (tertiary/aromatic N) is 4. The molecule has 22 heavy (non-hydrogen) atoms. The van der Waals surface area contributed by atoms with E-state index in [1.165, 1.54) is 18.6 Å². The summed E-state index contributed by atoms with van der Waals surface area (Å²) in [6.07, 6.45) is 4.18. The van der Waals surface area contributed by atoms with Gasteiger partial charge >= 0.3 is 5.97 Å². The molecular weight excluding hydrogens is 308 g/mol. The minimum absolute atomic E-state index is 0.108. The lowest BCUT2D eigenvalue weighted by Gasteiger charge is -1.99. The lowest BCUT2D eigenvalue weighted by Crippen LogP contribution is -2.07. The number of carbonyl (C=O) groups excluding carboxylic acids is 1. The van der Waals surface area contributed by atoms with Crippen molar-refractivity contribution < 1.29 is 14.1 Å². The van der Waals surface area contributed by atoms with Crippen molar-refractivity contribution >= 4 is 17.6 Å². The number of esters is 1. The van der Waals surface area contributed by atoms with Crippen LogP contribution < -0.4 is 0 Å². The Balaban J connectivity index is 1.66. The largest absolute Gasteiger partial charge is 0.451 e. The van der Waals surface area contributed by atoms with Gasteiger partial charge in [-0.3, -0.25) is 4.98 Å². The Labute approximate surface area is 129 Å². The molecule has 0 aliphatic heterocycles. The molecule has 0 spiro atoms. The van der Waals surface area contributed by atoms with Gasteiger partial charge in [-0.1, -0.05) is 28.9 Å². The molecule has 0 aliphatic carbocycles. The zero-order valence-electron chi connectivity index (χ0n) is 11.1. The van der Waals surface area contributed by atoms with Crippen molar-refractivity contribution in [2.75, 3.05) is 0 Å². The third kappa shape index (κ3) is 3.26. The average molecular weight is 317 g/mol. The van der Waals surface area contributed by atoms with Gasteiger partial charge in [-0.15, -0.1) is 0 Å². The van der Waals surface area contributed by atoms with Crippen LogP contribution in [0.4, 0.5) is 0 Å².